The summed E-state index contributed by atoms with van der Waals surface area (Å²) in [5.41, 5.74) is 0.927. The van der Waals surface area contributed by atoms with E-state index in [-0.39, 0.29) is 18.1 Å². The number of benzene rings is 1. The van der Waals surface area contributed by atoms with E-state index in [0.717, 1.165) is 51.0 Å². The van der Waals surface area contributed by atoms with Gasteiger partial charge in [-0.3, -0.25) is 9.69 Å². The Morgan fingerprint density at radius 1 is 1.12 bits per heavy atom. The van der Waals surface area contributed by atoms with Gasteiger partial charge < -0.3 is 19.5 Å². The molecule has 0 unspecified atom stereocenters. The van der Waals surface area contributed by atoms with Gasteiger partial charge in [0.05, 0.1) is 26.7 Å². The van der Waals surface area contributed by atoms with Crippen LogP contribution in [0.4, 0.5) is 0 Å². The first-order valence-corrected chi connectivity index (χ1v) is 9.03. The maximum absolute atomic E-state index is 12.6. The molecule has 1 aromatic carbocycles. The summed E-state index contributed by atoms with van der Waals surface area (Å²) in [5.74, 6) is 1.45. The quantitative estimate of drug-likeness (QED) is 0.869. The van der Waals surface area contributed by atoms with Crippen LogP contribution in [0, 0.1) is 0 Å². The van der Waals surface area contributed by atoms with Crippen LogP contribution in [0.2, 0.25) is 0 Å². The molecule has 25 heavy (non-hydrogen) atoms. The van der Waals surface area contributed by atoms with Gasteiger partial charge in [0.25, 0.3) is 0 Å². The molecule has 1 heterocycles. The molecule has 3 rings (SSSR count). The molecule has 1 N–H and O–H groups in total. The second-order valence-electron chi connectivity index (χ2n) is 6.85. The van der Waals surface area contributed by atoms with Gasteiger partial charge in [0.2, 0.25) is 5.91 Å². The van der Waals surface area contributed by atoms with Gasteiger partial charge >= 0.3 is 0 Å². The number of amides is 1. The lowest BCUT2D eigenvalue weighted by Crippen LogP contribution is -2.53. The number of ether oxygens (including phenoxy) is 2. The van der Waals surface area contributed by atoms with Crippen LogP contribution in [-0.4, -0.2) is 73.4 Å². The normalized spacial score (nSPS) is 24.4. The molecular formula is C19H28N2O4. The van der Waals surface area contributed by atoms with Crippen molar-refractivity contribution in [2.45, 2.75) is 37.8 Å². The van der Waals surface area contributed by atoms with Crippen molar-refractivity contribution in [3.05, 3.63) is 23.8 Å². The third-order valence-corrected chi connectivity index (χ3v) is 5.38. The Morgan fingerprint density at radius 2 is 1.84 bits per heavy atom. The van der Waals surface area contributed by atoms with E-state index in [9.17, 15) is 9.90 Å². The number of aliphatic hydroxyl groups excluding tert-OH is 1. The van der Waals surface area contributed by atoms with Crippen molar-refractivity contribution >= 4 is 5.91 Å². The number of piperazine rings is 1. The molecule has 1 aliphatic heterocycles. The zero-order chi connectivity index (χ0) is 17.8. The lowest BCUT2D eigenvalue weighted by molar-refractivity contribution is -0.132. The van der Waals surface area contributed by atoms with Gasteiger partial charge in [-0.25, -0.2) is 0 Å². The predicted octanol–water partition coefficient (Wildman–Crippen LogP) is 1.30. The van der Waals surface area contributed by atoms with Crippen LogP contribution in [0.1, 0.15) is 24.8 Å². The van der Waals surface area contributed by atoms with Gasteiger partial charge in [0.1, 0.15) is 0 Å². The fraction of sp³-hybridized carbons (Fsp3) is 0.632. The van der Waals surface area contributed by atoms with Gasteiger partial charge in [-0.05, 0) is 37.0 Å². The van der Waals surface area contributed by atoms with Crippen molar-refractivity contribution in [2.75, 3.05) is 40.4 Å². The highest BCUT2D eigenvalue weighted by molar-refractivity contribution is 5.79. The van der Waals surface area contributed by atoms with Gasteiger partial charge in [-0.1, -0.05) is 6.07 Å². The van der Waals surface area contributed by atoms with Crippen LogP contribution < -0.4 is 9.47 Å². The summed E-state index contributed by atoms with van der Waals surface area (Å²) in [6.45, 7) is 3.16. The van der Waals surface area contributed by atoms with Gasteiger partial charge in [-0.2, -0.15) is 0 Å². The lowest BCUT2D eigenvalue weighted by atomic mass is 10.1. The number of methoxy groups -OCH3 is 2. The van der Waals surface area contributed by atoms with Gasteiger partial charge in [0.15, 0.2) is 11.5 Å². The van der Waals surface area contributed by atoms with Gasteiger partial charge in [0, 0.05) is 32.2 Å². The van der Waals surface area contributed by atoms with E-state index < -0.39 is 0 Å². The van der Waals surface area contributed by atoms with Crippen molar-refractivity contribution in [1.29, 1.82) is 0 Å². The second-order valence-corrected chi connectivity index (χ2v) is 6.85. The Bertz CT molecular complexity index is 599. The molecule has 0 aromatic heterocycles. The third-order valence-electron chi connectivity index (χ3n) is 5.38. The summed E-state index contributed by atoms with van der Waals surface area (Å²) in [6.07, 6.45) is 3.25. The highest BCUT2D eigenvalue weighted by atomic mass is 16.5. The molecular weight excluding hydrogens is 320 g/mol. The highest BCUT2D eigenvalue weighted by Gasteiger charge is 2.33. The number of carbonyl (C=O) groups is 1. The third kappa shape index (κ3) is 4.07. The van der Waals surface area contributed by atoms with Crippen LogP contribution in [0.3, 0.4) is 0 Å². The van der Waals surface area contributed by atoms with E-state index >= 15 is 0 Å². The standard InChI is InChI=1S/C19H28N2O4/c1-24-17-7-6-14(12-18(17)25-2)13-19(23)21-10-8-20(9-11-21)15-4-3-5-16(15)22/h6-7,12,15-16,22H,3-5,8-11,13H2,1-2H3/t15-,16+/m1/s1. The number of hydrogen-bond acceptors (Lipinski definition) is 5. The van der Waals surface area contributed by atoms with E-state index in [1.54, 1.807) is 14.2 Å². The molecule has 1 aromatic rings. The Balaban J connectivity index is 1.54. The molecule has 6 heteroatoms. The Labute approximate surface area is 149 Å². The van der Waals surface area contributed by atoms with Crippen molar-refractivity contribution < 1.29 is 19.4 Å². The zero-order valence-electron chi connectivity index (χ0n) is 15.1. The number of nitrogens with zero attached hydrogens (tertiary/aromatic N) is 2. The molecule has 6 nitrogen and oxygen atoms in total. The fourth-order valence-electron chi connectivity index (χ4n) is 3.93. The number of hydrogen-bond donors (Lipinski definition) is 1. The molecule has 138 valence electrons. The minimum absolute atomic E-state index is 0.138. The van der Waals surface area contributed by atoms with E-state index in [4.69, 9.17) is 9.47 Å². The lowest BCUT2D eigenvalue weighted by Gasteiger charge is -2.39. The highest BCUT2D eigenvalue weighted by Crippen LogP contribution is 2.28. The minimum atomic E-state index is -0.200. The van der Waals surface area contributed by atoms with Crippen LogP contribution >= 0.6 is 0 Å². The van der Waals surface area contributed by atoms with Gasteiger partial charge in [-0.15, -0.1) is 0 Å². The summed E-state index contributed by atoms with van der Waals surface area (Å²) in [6, 6.07) is 5.88. The molecule has 1 saturated heterocycles. The van der Waals surface area contributed by atoms with Crippen LogP contribution in [0.5, 0.6) is 11.5 Å². The average molecular weight is 348 g/mol. The molecule has 2 fully saturated rings. The van der Waals surface area contributed by atoms with Crippen molar-refractivity contribution in [3.63, 3.8) is 0 Å². The monoisotopic (exact) mass is 348 g/mol. The van der Waals surface area contributed by atoms with Crippen LogP contribution in [-0.2, 0) is 11.2 Å². The molecule has 1 aliphatic carbocycles. The van der Waals surface area contributed by atoms with E-state index in [0.29, 0.717) is 17.9 Å². The van der Waals surface area contributed by atoms with Crippen LogP contribution in [0.15, 0.2) is 18.2 Å². The Hall–Kier alpha value is -1.79. The fourth-order valence-corrected chi connectivity index (χ4v) is 3.93. The molecule has 0 radical (unpaired) electrons. The second kappa shape index (κ2) is 8.06. The predicted molar refractivity (Wildman–Crippen MR) is 95.0 cm³/mol. The largest absolute Gasteiger partial charge is 0.493 e. The maximum Gasteiger partial charge on any atom is 0.227 e. The Morgan fingerprint density at radius 3 is 2.44 bits per heavy atom. The van der Waals surface area contributed by atoms with E-state index in [1.165, 1.54) is 0 Å². The smallest absolute Gasteiger partial charge is 0.227 e. The summed E-state index contributed by atoms with van der Waals surface area (Å²) >= 11 is 0. The number of aliphatic hydroxyl groups is 1. The first-order chi connectivity index (χ1) is 12.1. The summed E-state index contributed by atoms with van der Waals surface area (Å²) in [5, 5.41) is 10.1. The zero-order valence-corrected chi connectivity index (χ0v) is 15.1. The molecule has 0 spiro atoms. The minimum Gasteiger partial charge on any atom is -0.493 e. The van der Waals surface area contributed by atoms with Crippen LogP contribution in [0.25, 0.3) is 0 Å². The van der Waals surface area contributed by atoms with E-state index in [1.807, 2.05) is 23.1 Å². The first-order valence-electron chi connectivity index (χ1n) is 9.03. The topological polar surface area (TPSA) is 62.2 Å². The molecule has 1 amide bonds. The number of carbonyl (C=O) groups excluding carboxylic acids is 1. The van der Waals surface area contributed by atoms with Crippen molar-refractivity contribution in [1.82, 2.24) is 9.80 Å². The van der Waals surface area contributed by atoms with Crippen molar-refractivity contribution in [3.8, 4) is 11.5 Å². The Kier molecular flexibility index (Phi) is 5.81. The SMILES string of the molecule is COc1ccc(CC(=O)N2CCN([C@@H]3CCC[C@@H]3O)CC2)cc1OC. The summed E-state index contributed by atoms with van der Waals surface area (Å²) < 4.78 is 10.5. The van der Waals surface area contributed by atoms with E-state index in [2.05, 4.69) is 4.90 Å². The first kappa shape index (κ1) is 18.0. The average Bonchev–Trinajstić information content (AvgIpc) is 3.07. The summed E-state index contributed by atoms with van der Waals surface area (Å²) in [7, 11) is 3.20. The molecule has 0 bridgehead atoms. The molecule has 1 saturated carbocycles. The number of rotatable bonds is 5. The maximum atomic E-state index is 12.6. The summed E-state index contributed by atoms with van der Waals surface area (Å²) in [4.78, 5) is 16.9. The molecule has 2 atom stereocenters. The van der Waals surface area contributed by atoms with Crippen molar-refractivity contribution in [2.24, 2.45) is 0 Å². The molecule has 2 aliphatic rings.